The maximum atomic E-state index is 6.25. The molecule has 2 atom stereocenters. The van der Waals surface area contributed by atoms with Crippen molar-refractivity contribution >= 4 is 0 Å². The highest BCUT2D eigenvalue weighted by atomic mass is 16.5. The molecule has 1 aliphatic rings. The third kappa shape index (κ3) is 2.87. The van der Waals surface area contributed by atoms with E-state index in [0.717, 1.165) is 30.1 Å². The molecule has 5 nitrogen and oxygen atoms in total. The van der Waals surface area contributed by atoms with Crippen molar-refractivity contribution in [1.82, 2.24) is 19.5 Å². The maximum absolute atomic E-state index is 6.25. The average Bonchev–Trinajstić information content (AvgIpc) is 3.33. The Hall–Kier alpha value is -2.40. The fourth-order valence-electron chi connectivity index (χ4n) is 3.54. The van der Waals surface area contributed by atoms with E-state index in [0.29, 0.717) is 12.6 Å². The smallest absolute Gasteiger partial charge is 0.160 e. The van der Waals surface area contributed by atoms with Gasteiger partial charge in [-0.1, -0.05) is 30.3 Å². The lowest BCUT2D eigenvalue weighted by Gasteiger charge is -2.23. The van der Waals surface area contributed by atoms with Gasteiger partial charge < -0.3 is 14.3 Å². The van der Waals surface area contributed by atoms with Gasteiger partial charge in [-0.05, 0) is 31.7 Å². The minimum atomic E-state index is 0.220. The van der Waals surface area contributed by atoms with Crippen LogP contribution in [-0.4, -0.2) is 25.6 Å². The first-order valence-corrected chi connectivity index (χ1v) is 8.51. The van der Waals surface area contributed by atoms with Gasteiger partial charge in [0.25, 0.3) is 0 Å². The van der Waals surface area contributed by atoms with Gasteiger partial charge in [-0.3, -0.25) is 0 Å². The van der Waals surface area contributed by atoms with Crippen LogP contribution in [0.15, 0.2) is 49.1 Å². The van der Waals surface area contributed by atoms with Crippen LogP contribution in [0, 0.1) is 6.92 Å². The van der Waals surface area contributed by atoms with Gasteiger partial charge in [-0.2, -0.15) is 0 Å². The molecular formula is C19H22N4O. The lowest BCUT2D eigenvalue weighted by Crippen LogP contribution is -2.22. The van der Waals surface area contributed by atoms with Gasteiger partial charge in [0.15, 0.2) is 5.82 Å². The molecular weight excluding hydrogens is 300 g/mol. The largest absolute Gasteiger partial charge is 0.371 e. The standard InChI is InChI=1S/C19H22N4O/c1-14-18(22-13-21-14)19-20-10-11-23(19)16-8-5-9-17(16)24-12-15-6-3-2-4-7-15/h2-4,6-7,10-11,13,16-17H,5,8-9,12H2,1H3,(H,21,22). The van der Waals surface area contributed by atoms with Crippen LogP contribution in [0.2, 0.25) is 0 Å². The summed E-state index contributed by atoms with van der Waals surface area (Å²) in [4.78, 5) is 12.1. The van der Waals surface area contributed by atoms with Gasteiger partial charge in [-0.25, -0.2) is 9.97 Å². The summed E-state index contributed by atoms with van der Waals surface area (Å²) in [5.74, 6) is 0.925. The van der Waals surface area contributed by atoms with Crippen molar-refractivity contribution in [2.24, 2.45) is 0 Å². The summed E-state index contributed by atoms with van der Waals surface area (Å²) in [6.07, 6.45) is 9.25. The highest BCUT2D eigenvalue weighted by Gasteiger charge is 2.31. The molecule has 2 heterocycles. The third-order valence-electron chi connectivity index (χ3n) is 4.79. The molecule has 5 heteroatoms. The zero-order valence-corrected chi connectivity index (χ0v) is 13.9. The van der Waals surface area contributed by atoms with E-state index in [-0.39, 0.29) is 6.10 Å². The molecule has 4 rings (SSSR count). The van der Waals surface area contributed by atoms with Crippen LogP contribution in [0.25, 0.3) is 11.5 Å². The van der Waals surface area contributed by atoms with Crippen molar-refractivity contribution in [2.75, 3.05) is 0 Å². The predicted molar refractivity (Wildman–Crippen MR) is 92.5 cm³/mol. The Morgan fingerprint density at radius 1 is 1.21 bits per heavy atom. The Kier molecular flexibility index (Phi) is 4.17. The number of ether oxygens (including phenoxy) is 1. The Bertz CT molecular complexity index is 793. The first-order valence-electron chi connectivity index (χ1n) is 8.51. The van der Waals surface area contributed by atoms with Crippen LogP contribution in [-0.2, 0) is 11.3 Å². The highest BCUT2D eigenvalue weighted by molar-refractivity contribution is 5.53. The average molecular weight is 322 g/mol. The first-order chi connectivity index (χ1) is 11.8. The van der Waals surface area contributed by atoms with Crippen LogP contribution in [0.4, 0.5) is 0 Å². The molecule has 1 N–H and O–H groups in total. The summed E-state index contributed by atoms with van der Waals surface area (Å²) in [6, 6.07) is 10.7. The number of H-pyrrole nitrogens is 1. The zero-order chi connectivity index (χ0) is 16.4. The second kappa shape index (κ2) is 6.61. The van der Waals surface area contributed by atoms with E-state index in [9.17, 15) is 0 Å². The maximum Gasteiger partial charge on any atom is 0.160 e. The van der Waals surface area contributed by atoms with Crippen molar-refractivity contribution in [3.8, 4) is 11.5 Å². The number of aromatic amines is 1. The lowest BCUT2D eigenvalue weighted by molar-refractivity contribution is 0.0198. The van der Waals surface area contributed by atoms with Crippen molar-refractivity contribution in [3.63, 3.8) is 0 Å². The molecule has 0 amide bonds. The number of nitrogens with one attached hydrogen (secondary N) is 1. The van der Waals surface area contributed by atoms with E-state index < -0.39 is 0 Å². The summed E-state index contributed by atoms with van der Waals surface area (Å²) in [5.41, 5.74) is 3.19. The number of aromatic nitrogens is 4. The van der Waals surface area contributed by atoms with E-state index in [4.69, 9.17) is 4.74 Å². The minimum absolute atomic E-state index is 0.220. The fourth-order valence-corrected chi connectivity index (χ4v) is 3.54. The van der Waals surface area contributed by atoms with Gasteiger partial charge in [0.1, 0.15) is 5.69 Å². The summed E-state index contributed by atoms with van der Waals surface area (Å²) in [5, 5.41) is 0. The first kappa shape index (κ1) is 15.1. The molecule has 0 saturated heterocycles. The molecule has 3 aromatic rings. The molecule has 24 heavy (non-hydrogen) atoms. The number of rotatable bonds is 5. The molecule has 0 radical (unpaired) electrons. The van der Waals surface area contributed by atoms with Crippen LogP contribution >= 0.6 is 0 Å². The molecule has 0 spiro atoms. The SMILES string of the molecule is Cc1[nH]cnc1-c1nccn1C1CCCC1OCc1ccccc1. The second-order valence-corrected chi connectivity index (χ2v) is 6.37. The Balaban J connectivity index is 1.53. The molecule has 0 aliphatic heterocycles. The Morgan fingerprint density at radius 3 is 2.88 bits per heavy atom. The van der Waals surface area contributed by atoms with Crippen molar-refractivity contribution in [3.05, 3.63) is 60.3 Å². The van der Waals surface area contributed by atoms with E-state index in [1.54, 1.807) is 6.33 Å². The predicted octanol–water partition coefficient (Wildman–Crippen LogP) is 3.89. The summed E-state index contributed by atoms with van der Waals surface area (Å²) < 4.78 is 8.49. The lowest BCUT2D eigenvalue weighted by atomic mass is 10.2. The molecule has 0 bridgehead atoms. The summed E-state index contributed by atoms with van der Waals surface area (Å²) in [6.45, 7) is 2.69. The van der Waals surface area contributed by atoms with Crippen molar-refractivity contribution < 1.29 is 4.74 Å². The van der Waals surface area contributed by atoms with Crippen LogP contribution in [0.5, 0.6) is 0 Å². The topological polar surface area (TPSA) is 55.7 Å². The Morgan fingerprint density at radius 2 is 2.08 bits per heavy atom. The van der Waals surface area contributed by atoms with Gasteiger partial charge in [0.2, 0.25) is 0 Å². The minimum Gasteiger partial charge on any atom is -0.371 e. The Labute approximate surface area is 141 Å². The zero-order valence-electron chi connectivity index (χ0n) is 13.9. The van der Waals surface area contributed by atoms with Gasteiger partial charge in [-0.15, -0.1) is 0 Å². The van der Waals surface area contributed by atoms with Crippen LogP contribution < -0.4 is 0 Å². The molecule has 1 aromatic carbocycles. The van der Waals surface area contributed by atoms with E-state index in [2.05, 4.69) is 50.0 Å². The molecule has 1 fully saturated rings. The van der Waals surface area contributed by atoms with Gasteiger partial charge in [0.05, 0.1) is 25.1 Å². The van der Waals surface area contributed by atoms with Gasteiger partial charge >= 0.3 is 0 Å². The van der Waals surface area contributed by atoms with Crippen molar-refractivity contribution in [1.29, 1.82) is 0 Å². The molecule has 1 aliphatic carbocycles. The number of aryl methyl sites for hydroxylation is 1. The van der Waals surface area contributed by atoms with Crippen molar-refractivity contribution in [2.45, 2.75) is 44.9 Å². The number of imidazole rings is 2. The van der Waals surface area contributed by atoms with Crippen LogP contribution in [0.3, 0.4) is 0 Å². The van der Waals surface area contributed by atoms with E-state index in [1.807, 2.05) is 19.2 Å². The highest BCUT2D eigenvalue weighted by Crippen LogP contribution is 2.35. The number of nitrogens with zero attached hydrogens (tertiary/aromatic N) is 3. The number of hydrogen-bond donors (Lipinski definition) is 1. The molecule has 124 valence electrons. The number of benzene rings is 1. The normalized spacial score (nSPS) is 20.5. The van der Waals surface area contributed by atoms with E-state index in [1.165, 1.54) is 12.0 Å². The summed E-state index contributed by atoms with van der Waals surface area (Å²) in [7, 11) is 0. The van der Waals surface area contributed by atoms with Gasteiger partial charge in [0, 0.05) is 18.1 Å². The molecule has 2 aromatic heterocycles. The molecule has 1 saturated carbocycles. The third-order valence-corrected chi connectivity index (χ3v) is 4.79. The monoisotopic (exact) mass is 322 g/mol. The molecule has 2 unspecified atom stereocenters. The fraction of sp³-hybridized carbons (Fsp3) is 0.368. The van der Waals surface area contributed by atoms with E-state index >= 15 is 0 Å². The number of hydrogen-bond acceptors (Lipinski definition) is 3. The van der Waals surface area contributed by atoms with Crippen LogP contribution in [0.1, 0.15) is 36.6 Å². The second-order valence-electron chi connectivity index (χ2n) is 6.37. The quantitative estimate of drug-likeness (QED) is 0.775. The summed E-state index contributed by atoms with van der Waals surface area (Å²) >= 11 is 0.